The van der Waals surface area contributed by atoms with Crippen LogP contribution in [-0.4, -0.2) is 5.78 Å². The highest BCUT2D eigenvalue weighted by molar-refractivity contribution is 5.99. The summed E-state index contributed by atoms with van der Waals surface area (Å²) in [5, 5.41) is 0. The molecule has 1 atom stereocenters. The molecule has 1 aliphatic rings. The number of fused-ring (bicyclic) bond motifs is 1. The van der Waals surface area contributed by atoms with Crippen LogP contribution < -0.4 is 0 Å². The van der Waals surface area contributed by atoms with Gasteiger partial charge >= 0.3 is 0 Å². The van der Waals surface area contributed by atoms with Gasteiger partial charge in [-0.25, -0.2) is 0 Å². The summed E-state index contributed by atoms with van der Waals surface area (Å²) in [4.78, 5) is 12.6. The lowest BCUT2D eigenvalue weighted by Crippen LogP contribution is -2.17. The van der Waals surface area contributed by atoms with Gasteiger partial charge in [0.25, 0.3) is 0 Å². The minimum absolute atomic E-state index is 0.263. The molecular formula is C17H24O. The van der Waals surface area contributed by atoms with E-state index in [9.17, 15) is 4.79 Å². The summed E-state index contributed by atoms with van der Waals surface area (Å²) in [5.74, 6) is 1.37. The van der Waals surface area contributed by atoms with Crippen molar-refractivity contribution in [3.05, 3.63) is 35.4 Å². The lowest BCUT2D eigenvalue weighted by Gasteiger charge is -2.19. The summed E-state index contributed by atoms with van der Waals surface area (Å²) >= 11 is 0. The number of aryl methyl sites for hydroxylation is 1. The second-order valence-electron chi connectivity index (χ2n) is 5.53. The Balaban J connectivity index is 2.17. The summed E-state index contributed by atoms with van der Waals surface area (Å²) in [6.45, 7) is 4.48. The van der Waals surface area contributed by atoms with E-state index in [1.165, 1.54) is 18.4 Å². The second kappa shape index (κ2) is 6.17. The molecule has 0 fully saturated rings. The summed E-state index contributed by atoms with van der Waals surface area (Å²) in [5.41, 5.74) is 2.25. The van der Waals surface area contributed by atoms with Crippen molar-refractivity contribution >= 4 is 5.78 Å². The van der Waals surface area contributed by atoms with Crippen LogP contribution in [0.1, 0.15) is 61.9 Å². The lowest BCUT2D eigenvalue weighted by molar-refractivity contribution is 0.0893. The van der Waals surface area contributed by atoms with Crippen LogP contribution in [0.25, 0.3) is 0 Å². The zero-order chi connectivity index (χ0) is 13.0. The number of rotatable bonds is 4. The van der Waals surface area contributed by atoms with Crippen LogP contribution >= 0.6 is 0 Å². The van der Waals surface area contributed by atoms with E-state index in [1.54, 1.807) is 0 Å². The van der Waals surface area contributed by atoms with Crippen LogP contribution in [0.15, 0.2) is 24.3 Å². The molecule has 1 aromatic rings. The molecule has 1 aromatic carbocycles. The van der Waals surface area contributed by atoms with Gasteiger partial charge in [0.2, 0.25) is 0 Å². The summed E-state index contributed by atoms with van der Waals surface area (Å²) in [7, 11) is 0. The average molecular weight is 244 g/mol. The molecule has 0 N–H and O–H groups in total. The molecule has 0 saturated carbocycles. The van der Waals surface area contributed by atoms with Gasteiger partial charge in [-0.3, -0.25) is 4.79 Å². The van der Waals surface area contributed by atoms with Crippen molar-refractivity contribution < 1.29 is 4.79 Å². The Kier molecular flexibility index (Phi) is 4.57. The van der Waals surface area contributed by atoms with Crippen molar-refractivity contribution in [2.24, 2.45) is 11.8 Å². The van der Waals surface area contributed by atoms with Gasteiger partial charge in [-0.2, -0.15) is 0 Å². The average Bonchev–Trinajstić information content (AvgIpc) is 2.56. The van der Waals surface area contributed by atoms with E-state index in [0.717, 1.165) is 31.2 Å². The molecule has 0 aromatic heterocycles. The van der Waals surface area contributed by atoms with E-state index < -0.39 is 0 Å². The predicted molar refractivity (Wildman–Crippen MR) is 75.9 cm³/mol. The first-order valence-electron chi connectivity index (χ1n) is 7.38. The highest BCUT2D eigenvalue weighted by Gasteiger charge is 2.26. The molecule has 0 radical (unpaired) electrons. The van der Waals surface area contributed by atoms with Crippen LogP contribution in [0.5, 0.6) is 0 Å². The molecule has 0 aliphatic heterocycles. The number of ketones is 1. The monoisotopic (exact) mass is 244 g/mol. The van der Waals surface area contributed by atoms with Crippen molar-refractivity contribution in [2.45, 2.75) is 52.4 Å². The first-order chi connectivity index (χ1) is 8.76. The maximum absolute atomic E-state index is 12.6. The Hall–Kier alpha value is -1.11. The van der Waals surface area contributed by atoms with Crippen LogP contribution in [0, 0.1) is 11.8 Å². The number of carbonyl (C=O) groups excluding carboxylic acids is 1. The van der Waals surface area contributed by atoms with Gasteiger partial charge < -0.3 is 0 Å². The standard InChI is InChI=1S/C17H24O/c1-3-13(4-2)12-15-10-7-9-14-8-5-6-11-16(14)17(15)18/h5-6,8,11,13,15H,3-4,7,9-10,12H2,1-2H3. The van der Waals surface area contributed by atoms with Crippen molar-refractivity contribution in [3.8, 4) is 0 Å². The van der Waals surface area contributed by atoms with Gasteiger partial charge in [0.15, 0.2) is 5.78 Å². The predicted octanol–water partition coefficient (Wildman–Crippen LogP) is 4.65. The fourth-order valence-electron chi connectivity index (χ4n) is 3.12. The molecule has 1 aliphatic carbocycles. The lowest BCUT2D eigenvalue weighted by atomic mass is 9.84. The quantitative estimate of drug-likeness (QED) is 0.705. The fourth-order valence-corrected chi connectivity index (χ4v) is 3.12. The Bertz CT molecular complexity index is 404. The fraction of sp³-hybridized carbons (Fsp3) is 0.588. The molecule has 0 heterocycles. The van der Waals surface area contributed by atoms with Crippen molar-refractivity contribution in [1.82, 2.24) is 0 Å². The number of benzene rings is 1. The van der Waals surface area contributed by atoms with Crippen LogP contribution in [0.2, 0.25) is 0 Å². The Morgan fingerprint density at radius 1 is 1.22 bits per heavy atom. The zero-order valence-corrected chi connectivity index (χ0v) is 11.6. The summed E-state index contributed by atoms with van der Waals surface area (Å²) in [6, 6.07) is 8.18. The maximum Gasteiger partial charge on any atom is 0.166 e. The highest BCUT2D eigenvalue weighted by atomic mass is 16.1. The van der Waals surface area contributed by atoms with Crippen molar-refractivity contribution in [1.29, 1.82) is 0 Å². The Morgan fingerprint density at radius 3 is 2.67 bits per heavy atom. The molecule has 0 spiro atoms. The Morgan fingerprint density at radius 2 is 1.94 bits per heavy atom. The van der Waals surface area contributed by atoms with Gasteiger partial charge in [0.05, 0.1) is 0 Å². The number of carbonyl (C=O) groups is 1. The van der Waals surface area contributed by atoms with E-state index in [2.05, 4.69) is 19.9 Å². The Labute approximate surface area is 111 Å². The summed E-state index contributed by atoms with van der Waals surface area (Å²) in [6.07, 6.45) is 6.78. The van der Waals surface area contributed by atoms with Crippen LogP contribution in [-0.2, 0) is 6.42 Å². The highest BCUT2D eigenvalue weighted by Crippen LogP contribution is 2.30. The number of Topliss-reactive ketones (excluding diaryl/α,β-unsaturated/α-hetero) is 1. The maximum atomic E-state index is 12.6. The van der Waals surface area contributed by atoms with Gasteiger partial charge in [-0.15, -0.1) is 0 Å². The molecule has 0 amide bonds. The minimum Gasteiger partial charge on any atom is -0.294 e. The SMILES string of the molecule is CCC(CC)CC1CCCc2ccccc2C1=O. The molecule has 1 unspecified atom stereocenters. The normalized spacial score (nSPS) is 19.7. The third-order valence-electron chi connectivity index (χ3n) is 4.42. The van der Waals surface area contributed by atoms with Crippen molar-refractivity contribution in [3.63, 3.8) is 0 Å². The molecular weight excluding hydrogens is 220 g/mol. The first kappa shape index (κ1) is 13.3. The van der Waals surface area contributed by atoms with Gasteiger partial charge in [-0.05, 0) is 37.2 Å². The molecule has 0 saturated heterocycles. The van der Waals surface area contributed by atoms with E-state index in [0.29, 0.717) is 11.7 Å². The first-order valence-corrected chi connectivity index (χ1v) is 7.38. The van der Waals surface area contributed by atoms with E-state index in [-0.39, 0.29) is 5.92 Å². The molecule has 98 valence electrons. The molecule has 0 bridgehead atoms. The number of hydrogen-bond donors (Lipinski definition) is 0. The van der Waals surface area contributed by atoms with Gasteiger partial charge in [0.1, 0.15) is 0 Å². The minimum atomic E-state index is 0.263. The molecule has 18 heavy (non-hydrogen) atoms. The molecule has 1 nitrogen and oxygen atoms in total. The largest absolute Gasteiger partial charge is 0.294 e. The number of hydrogen-bond acceptors (Lipinski definition) is 1. The van der Waals surface area contributed by atoms with Gasteiger partial charge in [-0.1, -0.05) is 51.0 Å². The van der Waals surface area contributed by atoms with Crippen LogP contribution in [0.4, 0.5) is 0 Å². The molecule has 1 heteroatoms. The third-order valence-corrected chi connectivity index (χ3v) is 4.42. The van der Waals surface area contributed by atoms with Gasteiger partial charge in [0, 0.05) is 11.5 Å². The van der Waals surface area contributed by atoms with Crippen molar-refractivity contribution in [2.75, 3.05) is 0 Å². The van der Waals surface area contributed by atoms with E-state index in [1.807, 2.05) is 18.2 Å². The van der Waals surface area contributed by atoms with E-state index in [4.69, 9.17) is 0 Å². The van der Waals surface area contributed by atoms with E-state index >= 15 is 0 Å². The second-order valence-corrected chi connectivity index (χ2v) is 5.53. The third kappa shape index (κ3) is 2.82. The topological polar surface area (TPSA) is 17.1 Å². The molecule has 2 rings (SSSR count). The smallest absolute Gasteiger partial charge is 0.166 e. The summed E-state index contributed by atoms with van der Waals surface area (Å²) < 4.78 is 0. The zero-order valence-electron chi connectivity index (χ0n) is 11.6. The van der Waals surface area contributed by atoms with Crippen LogP contribution in [0.3, 0.4) is 0 Å².